The summed E-state index contributed by atoms with van der Waals surface area (Å²) in [5.74, 6) is 0.681. The predicted octanol–water partition coefficient (Wildman–Crippen LogP) is 5.17. The van der Waals surface area contributed by atoms with Crippen LogP contribution in [0.15, 0.2) is 97.1 Å². The fourth-order valence-corrected chi connectivity index (χ4v) is 4.69. The first-order valence-corrected chi connectivity index (χ1v) is 13.2. The highest BCUT2D eigenvalue weighted by molar-refractivity contribution is 5.98. The van der Waals surface area contributed by atoms with Crippen molar-refractivity contribution in [2.75, 3.05) is 19.5 Å². The normalized spacial score (nSPS) is 11.6. The summed E-state index contributed by atoms with van der Waals surface area (Å²) in [5, 5.41) is 11.4. The smallest absolute Gasteiger partial charge is 0.251 e. The number of nitrogens with zero attached hydrogens (tertiary/aromatic N) is 4. The van der Waals surface area contributed by atoms with Crippen LogP contribution in [0.2, 0.25) is 0 Å². The number of carbonyl (C=O) groups excluding carboxylic acids is 2. The number of fused-ring (bicyclic) bond motifs is 1. The molecule has 9 nitrogen and oxygen atoms in total. The van der Waals surface area contributed by atoms with Gasteiger partial charge in [-0.2, -0.15) is 0 Å². The van der Waals surface area contributed by atoms with Crippen molar-refractivity contribution in [3.63, 3.8) is 0 Å². The maximum Gasteiger partial charge on any atom is 0.251 e. The van der Waals surface area contributed by atoms with E-state index in [4.69, 9.17) is 9.47 Å². The summed E-state index contributed by atoms with van der Waals surface area (Å²) in [5.41, 5.74) is 4.60. The third-order valence-corrected chi connectivity index (χ3v) is 6.98. The summed E-state index contributed by atoms with van der Waals surface area (Å²) in [6.45, 7) is 2.11. The summed E-state index contributed by atoms with van der Waals surface area (Å²) in [6.07, 6.45) is 0. The Morgan fingerprint density at radius 1 is 0.854 bits per heavy atom. The lowest BCUT2D eigenvalue weighted by atomic mass is 10.0. The SMILES string of the molecule is COc1ccc(NC(=O)C(c2ccc(OC)cc2)N(Cc2ccccc2C)C(=O)Cn2nnc3ccccc32)cc1. The third-order valence-electron chi connectivity index (χ3n) is 6.98. The Kier molecular flexibility index (Phi) is 8.24. The number of methoxy groups -OCH3 is 2. The number of benzene rings is 4. The van der Waals surface area contributed by atoms with Crippen LogP contribution in [0.5, 0.6) is 11.5 Å². The van der Waals surface area contributed by atoms with Crippen LogP contribution in [0.1, 0.15) is 22.7 Å². The molecular formula is C32H31N5O4. The van der Waals surface area contributed by atoms with Gasteiger partial charge in [-0.15, -0.1) is 5.10 Å². The van der Waals surface area contributed by atoms with Gasteiger partial charge in [0.25, 0.3) is 5.91 Å². The number of amides is 2. The number of anilines is 1. The lowest BCUT2D eigenvalue weighted by Gasteiger charge is -2.32. The van der Waals surface area contributed by atoms with Crippen LogP contribution in [0.4, 0.5) is 5.69 Å². The molecule has 0 radical (unpaired) electrons. The zero-order valence-corrected chi connectivity index (χ0v) is 23.2. The lowest BCUT2D eigenvalue weighted by Crippen LogP contribution is -2.42. The molecule has 1 heterocycles. The van der Waals surface area contributed by atoms with Crippen molar-refractivity contribution < 1.29 is 19.1 Å². The highest BCUT2D eigenvalue weighted by Crippen LogP contribution is 2.29. The molecule has 0 saturated carbocycles. The zero-order chi connectivity index (χ0) is 28.8. The molecule has 1 unspecified atom stereocenters. The van der Waals surface area contributed by atoms with Gasteiger partial charge in [0.05, 0.1) is 19.7 Å². The summed E-state index contributed by atoms with van der Waals surface area (Å²) in [4.78, 5) is 29.8. The molecule has 5 rings (SSSR count). The van der Waals surface area contributed by atoms with Crippen molar-refractivity contribution in [3.05, 3.63) is 114 Å². The van der Waals surface area contributed by atoms with E-state index in [-0.39, 0.29) is 24.9 Å². The van der Waals surface area contributed by atoms with E-state index in [1.54, 1.807) is 72.3 Å². The van der Waals surface area contributed by atoms with Crippen LogP contribution in [0.3, 0.4) is 0 Å². The third kappa shape index (κ3) is 6.19. The Bertz CT molecular complexity index is 1650. The Morgan fingerprint density at radius 3 is 2.17 bits per heavy atom. The molecule has 0 fully saturated rings. The van der Waals surface area contributed by atoms with Gasteiger partial charge in [-0.3, -0.25) is 9.59 Å². The number of ether oxygens (including phenoxy) is 2. The molecule has 2 amide bonds. The Morgan fingerprint density at radius 2 is 1.49 bits per heavy atom. The van der Waals surface area contributed by atoms with E-state index in [2.05, 4.69) is 15.6 Å². The lowest BCUT2D eigenvalue weighted by molar-refractivity contribution is -0.140. The molecule has 1 atom stereocenters. The van der Waals surface area contributed by atoms with Gasteiger partial charge in [0.1, 0.15) is 29.6 Å². The molecule has 0 aliphatic heterocycles. The van der Waals surface area contributed by atoms with E-state index in [0.717, 1.165) is 16.6 Å². The van der Waals surface area contributed by atoms with Gasteiger partial charge in [0.15, 0.2) is 0 Å². The quantitative estimate of drug-likeness (QED) is 0.258. The minimum Gasteiger partial charge on any atom is -0.497 e. The second kappa shape index (κ2) is 12.3. The molecule has 1 N–H and O–H groups in total. The number of hydrogen-bond acceptors (Lipinski definition) is 6. The van der Waals surface area contributed by atoms with E-state index in [9.17, 15) is 9.59 Å². The molecule has 0 bridgehead atoms. The fraction of sp³-hybridized carbons (Fsp3) is 0.188. The first-order chi connectivity index (χ1) is 20.0. The van der Waals surface area contributed by atoms with Gasteiger partial charge in [0.2, 0.25) is 5.91 Å². The maximum atomic E-state index is 14.2. The summed E-state index contributed by atoms with van der Waals surface area (Å²) < 4.78 is 12.2. The highest BCUT2D eigenvalue weighted by Gasteiger charge is 2.32. The number of hydrogen-bond donors (Lipinski definition) is 1. The molecule has 0 spiro atoms. The van der Waals surface area contributed by atoms with Gasteiger partial charge in [0, 0.05) is 12.2 Å². The van der Waals surface area contributed by atoms with Crippen molar-refractivity contribution in [2.45, 2.75) is 26.1 Å². The first-order valence-electron chi connectivity index (χ1n) is 13.2. The second-order valence-corrected chi connectivity index (χ2v) is 9.58. The topological polar surface area (TPSA) is 98.6 Å². The standard InChI is InChI=1S/C32H31N5O4/c1-22-8-4-5-9-24(22)20-36(30(38)21-37-29-11-7-6-10-28(29)34-35-37)31(23-12-16-26(40-2)17-13-23)32(39)33-25-14-18-27(41-3)19-15-25/h4-19,31H,20-21H2,1-3H3,(H,33,39). The highest BCUT2D eigenvalue weighted by atomic mass is 16.5. The first kappa shape index (κ1) is 27.4. The summed E-state index contributed by atoms with van der Waals surface area (Å²) in [7, 11) is 3.17. The number of aromatic nitrogens is 3. The summed E-state index contributed by atoms with van der Waals surface area (Å²) in [6, 6.07) is 28.6. The Balaban J connectivity index is 1.55. The molecule has 9 heteroatoms. The number of carbonyl (C=O) groups is 2. The molecule has 208 valence electrons. The number of nitrogens with one attached hydrogen (secondary N) is 1. The number of para-hydroxylation sites is 1. The van der Waals surface area contributed by atoms with E-state index >= 15 is 0 Å². The van der Waals surface area contributed by atoms with Crippen LogP contribution in [0.25, 0.3) is 11.0 Å². The van der Waals surface area contributed by atoms with Crippen molar-refractivity contribution >= 4 is 28.5 Å². The van der Waals surface area contributed by atoms with E-state index in [1.165, 1.54) is 0 Å². The summed E-state index contributed by atoms with van der Waals surface area (Å²) >= 11 is 0. The van der Waals surface area contributed by atoms with Crippen LogP contribution < -0.4 is 14.8 Å². The minimum absolute atomic E-state index is 0.0884. The van der Waals surface area contributed by atoms with Crippen molar-refractivity contribution in [1.29, 1.82) is 0 Å². The van der Waals surface area contributed by atoms with Gasteiger partial charge >= 0.3 is 0 Å². The Labute approximate surface area is 238 Å². The molecular weight excluding hydrogens is 518 g/mol. The number of aryl methyl sites for hydroxylation is 1. The monoisotopic (exact) mass is 549 g/mol. The second-order valence-electron chi connectivity index (χ2n) is 9.58. The van der Waals surface area contributed by atoms with Gasteiger partial charge in [-0.05, 0) is 72.1 Å². The predicted molar refractivity (Wildman–Crippen MR) is 157 cm³/mol. The van der Waals surface area contributed by atoms with Gasteiger partial charge < -0.3 is 19.7 Å². The van der Waals surface area contributed by atoms with Crippen LogP contribution in [-0.2, 0) is 22.7 Å². The Hall–Kier alpha value is -5.18. The average Bonchev–Trinajstić information content (AvgIpc) is 3.41. The molecule has 41 heavy (non-hydrogen) atoms. The zero-order valence-electron chi connectivity index (χ0n) is 23.2. The van der Waals surface area contributed by atoms with Crippen LogP contribution in [0, 0.1) is 6.92 Å². The van der Waals surface area contributed by atoms with Crippen molar-refractivity contribution in [2.24, 2.45) is 0 Å². The largest absolute Gasteiger partial charge is 0.497 e. The molecule has 1 aromatic heterocycles. The van der Waals surface area contributed by atoms with Gasteiger partial charge in [-0.25, -0.2) is 4.68 Å². The van der Waals surface area contributed by atoms with Crippen molar-refractivity contribution in [3.8, 4) is 11.5 Å². The molecule has 0 aliphatic rings. The van der Waals surface area contributed by atoms with E-state index < -0.39 is 6.04 Å². The van der Waals surface area contributed by atoms with Crippen LogP contribution in [-0.4, -0.2) is 45.9 Å². The molecule has 5 aromatic rings. The number of rotatable bonds is 10. The van der Waals surface area contributed by atoms with E-state index in [1.807, 2.05) is 55.5 Å². The van der Waals surface area contributed by atoms with Crippen LogP contribution >= 0.6 is 0 Å². The maximum absolute atomic E-state index is 14.2. The van der Waals surface area contributed by atoms with E-state index in [0.29, 0.717) is 28.3 Å². The minimum atomic E-state index is -0.954. The molecule has 0 saturated heterocycles. The van der Waals surface area contributed by atoms with Gasteiger partial charge in [-0.1, -0.05) is 53.7 Å². The van der Waals surface area contributed by atoms with Crippen molar-refractivity contribution in [1.82, 2.24) is 19.9 Å². The average molecular weight is 550 g/mol. The molecule has 4 aromatic carbocycles. The molecule has 0 aliphatic carbocycles. The fourth-order valence-electron chi connectivity index (χ4n) is 4.69.